The van der Waals surface area contributed by atoms with Crippen LogP contribution in [0.2, 0.25) is 0 Å². The van der Waals surface area contributed by atoms with Crippen LogP contribution in [0.4, 0.5) is 0 Å². The molecule has 1 heterocycles. The topological polar surface area (TPSA) is 45.8 Å². The van der Waals surface area contributed by atoms with E-state index in [1.54, 1.807) is 25.1 Å². The fourth-order valence-electron chi connectivity index (χ4n) is 1.15. The fourth-order valence-corrected chi connectivity index (χ4v) is 1.15. The first-order chi connectivity index (χ1) is 5.77. The third kappa shape index (κ3) is 0.993. The number of hydrogen-bond acceptors (Lipinski definition) is 2. The number of nitrogens with one attached hydrogen (secondary N) is 1. The van der Waals surface area contributed by atoms with Gasteiger partial charge in [0.1, 0.15) is 5.82 Å². The van der Waals surface area contributed by atoms with Gasteiger partial charge in [-0.25, -0.2) is 4.98 Å². The molecule has 0 amide bonds. The van der Waals surface area contributed by atoms with Crippen molar-refractivity contribution in [3.63, 3.8) is 0 Å². The lowest BCUT2D eigenvalue weighted by Crippen LogP contribution is -2.09. The smallest absolute Gasteiger partial charge is 0.258 e. The predicted molar refractivity (Wildman–Crippen MR) is 45.9 cm³/mol. The van der Waals surface area contributed by atoms with E-state index in [0.717, 1.165) is 0 Å². The van der Waals surface area contributed by atoms with Crippen LogP contribution in [0.5, 0.6) is 0 Å². The van der Waals surface area contributed by atoms with Crippen molar-refractivity contribution in [1.82, 2.24) is 9.97 Å². The molecule has 0 aliphatic heterocycles. The van der Waals surface area contributed by atoms with Gasteiger partial charge in [-0.05, 0) is 25.1 Å². The van der Waals surface area contributed by atoms with Crippen molar-refractivity contribution in [1.29, 1.82) is 0 Å². The molecule has 12 heavy (non-hydrogen) atoms. The Bertz CT molecular complexity index is 473. The zero-order valence-corrected chi connectivity index (χ0v) is 6.59. The van der Waals surface area contributed by atoms with E-state index >= 15 is 0 Å². The molecule has 0 saturated carbocycles. The number of rotatable bonds is 0. The van der Waals surface area contributed by atoms with E-state index < -0.39 is 0 Å². The number of hydrogen-bond donors (Lipinski definition) is 1. The molecule has 1 radical (unpaired) electrons. The van der Waals surface area contributed by atoms with Gasteiger partial charge in [0, 0.05) is 0 Å². The Morgan fingerprint density at radius 2 is 2.42 bits per heavy atom. The Balaban J connectivity index is 2.99. The van der Waals surface area contributed by atoms with Crippen molar-refractivity contribution >= 4 is 10.9 Å². The monoisotopic (exact) mass is 159 g/mol. The molecule has 59 valence electrons. The van der Waals surface area contributed by atoms with Crippen molar-refractivity contribution in [2.45, 2.75) is 6.92 Å². The Labute approximate surface area is 69.1 Å². The average Bonchev–Trinajstić information content (AvgIpc) is 2.04. The van der Waals surface area contributed by atoms with Gasteiger partial charge in [-0.15, -0.1) is 0 Å². The molecule has 0 atom stereocenters. The lowest BCUT2D eigenvalue weighted by Gasteiger charge is -1.95. The van der Waals surface area contributed by atoms with Crippen LogP contribution in [0.25, 0.3) is 10.9 Å². The van der Waals surface area contributed by atoms with Crippen molar-refractivity contribution in [2.75, 3.05) is 0 Å². The lowest BCUT2D eigenvalue weighted by atomic mass is 10.2. The maximum Gasteiger partial charge on any atom is 0.258 e. The number of aryl methyl sites for hydroxylation is 1. The highest BCUT2D eigenvalue weighted by molar-refractivity contribution is 5.76. The summed E-state index contributed by atoms with van der Waals surface area (Å²) in [5.41, 5.74) is 0.602. The van der Waals surface area contributed by atoms with E-state index in [1.165, 1.54) is 0 Å². The van der Waals surface area contributed by atoms with Crippen LogP contribution in [-0.2, 0) is 0 Å². The number of nitrogens with zero attached hydrogens (tertiary/aromatic N) is 1. The zero-order chi connectivity index (χ0) is 8.55. The lowest BCUT2D eigenvalue weighted by molar-refractivity contribution is 1.06. The number of aromatic nitrogens is 2. The molecule has 1 aromatic heterocycles. The molecule has 1 N–H and O–H groups in total. The third-order valence-electron chi connectivity index (χ3n) is 1.67. The van der Waals surface area contributed by atoms with Crippen LogP contribution in [0.3, 0.4) is 0 Å². The van der Waals surface area contributed by atoms with Gasteiger partial charge in [-0.3, -0.25) is 4.79 Å². The summed E-state index contributed by atoms with van der Waals surface area (Å²) in [5, 5.41) is 0.611. The predicted octanol–water partition coefficient (Wildman–Crippen LogP) is 1.03. The Hall–Kier alpha value is -1.64. The molecule has 0 aliphatic rings. The zero-order valence-electron chi connectivity index (χ0n) is 6.59. The number of H-pyrrole nitrogens is 1. The van der Waals surface area contributed by atoms with Crippen LogP contribution in [0, 0.1) is 13.0 Å². The maximum atomic E-state index is 11.3. The van der Waals surface area contributed by atoms with Crippen LogP contribution in [0.1, 0.15) is 5.82 Å². The second-order valence-corrected chi connectivity index (χ2v) is 2.59. The molecule has 3 nitrogen and oxygen atoms in total. The second-order valence-electron chi connectivity index (χ2n) is 2.59. The molecule has 2 rings (SSSR count). The van der Waals surface area contributed by atoms with Gasteiger partial charge >= 0.3 is 0 Å². The molecule has 0 bridgehead atoms. The van der Waals surface area contributed by atoms with Gasteiger partial charge in [-0.2, -0.15) is 0 Å². The first kappa shape index (κ1) is 7.03. The molecular weight excluding hydrogens is 152 g/mol. The normalized spacial score (nSPS) is 10.4. The Morgan fingerprint density at radius 3 is 3.25 bits per heavy atom. The Kier molecular flexibility index (Phi) is 1.43. The van der Waals surface area contributed by atoms with Gasteiger partial charge in [-0.1, -0.05) is 6.07 Å². The third-order valence-corrected chi connectivity index (χ3v) is 1.67. The summed E-state index contributed by atoms with van der Waals surface area (Å²) in [6.07, 6.45) is 0. The van der Waals surface area contributed by atoms with E-state index in [9.17, 15) is 4.79 Å². The van der Waals surface area contributed by atoms with Gasteiger partial charge in [0.2, 0.25) is 0 Å². The summed E-state index contributed by atoms with van der Waals surface area (Å²) in [7, 11) is 0. The molecule has 0 aliphatic carbocycles. The highest BCUT2D eigenvalue weighted by Gasteiger charge is 1.98. The van der Waals surface area contributed by atoms with Crippen molar-refractivity contribution in [3.8, 4) is 0 Å². The van der Waals surface area contributed by atoms with Gasteiger partial charge in [0.05, 0.1) is 10.9 Å². The summed E-state index contributed by atoms with van der Waals surface area (Å²) in [4.78, 5) is 18.1. The molecule has 2 aromatic rings. The van der Waals surface area contributed by atoms with Crippen molar-refractivity contribution in [3.05, 3.63) is 40.4 Å². The summed E-state index contributed by atoms with van der Waals surface area (Å²) < 4.78 is 0. The summed E-state index contributed by atoms with van der Waals surface area (Å²) >= 11 is 0. The highest BCUT2D eigenvalue weighted by Crippen LogP contribution is 2.03. The van der Waals surface area contributed by atoms with E-state index in [-0.39, 0.29) is 5.56 Å². The van der Waals surface area contributed by atoms with Crippen LogP contribution < -0.4 is 5.56 Å². The van der Waals surface area contributed by atoms with E-state index in [4.69, 9.17) is 0 Å². The maximum absolute atomic E-state index is 11.3. The van der Waals surface area contributed by atoms with Crippen molar-refractivity contribution in [2.24, 2.45) is 0 Å². The highest BCUT2D eigenvalue weighted by atomic mass is 16.1. The summed E-state index contributed by atoms with van der Waals surface area (Å²) in [6.45, 7) is 1.76. The van der Waals surface area contributed by atoms with Gasteiger partial charge in [0.25, 0.3) is 5.56 Å². The van der Waals surface area contributed by atoms with Gasteiger partial charge in [0.15, 0.2) is 0 Å². The minimum Gasteiger partial charge on any atom is -0.310 e. The van der Waals surface area contributed by atoms with Crippen molar-refractivity contribution < 1.29 is 0 Å². The molecule has 0 saturated heterocycles. The van der Waals surface area contributed by atoms with E-state index in [1.807, 2.05) is 0 Å². The summed E-state index contributed by atoms with van der Waals surface area (Å²) in [5.74, 6) is 0.632. The quantitative estimate of drug-likeness (QED) is 0.624. The van der Waals surface area contributed by atoms with E-state index in [2.05, 4.69) is 16.0 Å². The van der Waals surface area contributed by atoms with E-state index in [0.29, 0.717) is 16.7 Å². The Morgan fingerprint density at radius 1 is 1.58 bits per heavy atom. The number of benzene rings is 1. The molecular formula is C9H7N2O. The minimum atomic E-state index is -0.0912. The SMILES string of the molecule is Cc1nc2c[c]ccc2c(=O)[nH]1. The molecule has 0 unspecified atom stereocenters. The molecule has 0 spiro atoms. The summed E-state index contributed by atoms with van der Waals surface area (Å²) in [6, 6.07) is 7.99. The number of aromatic amines is 1. The van der Waals surface area contributed by atoms with Crippen LogP contribution in [-0.4, -0.2) is 9.97 Å². The van der Waals surface area contributed by atoms with Crippen LogP contribution in [0.15, 0.2) is 23.0 Å². The standard InChI is InChI=1S/C9H7N2O/c1-6-10-8-5-3-2-4-7(8)9(12)11-6/h2,4-5H,1H3,(H,10,11,12). The first-order valence-corrected chi connectivity index (χ1v) is 3.64. The second kappa shape index (κ2) is 2.44. The number of fused-ring (bicyclic) bond motifs is 1. The van der Waals surface area contributed by atoms with Gasteiger partial charge < -0.3 is 4.98 Å². The minimum absolute atomic E-state index is 0.0912. The largest absolute Gasteiger partial charge is 0.310 e. The molecule has 0 fully saturated rings. The molecule has 3 heteroatoms. The first-order valence-electron chi connectivity index (χ1n) is 3.64. The fraction of sp³-hybridized carbons (Fsp3) is 0.111. The molecule has 1 aromatic carbocycles. The average molecular weight is 159 g/mol. The van der Waals surface area contributed by atoms with Crippen LogP contribution >= 0.6 is 0 Å².